The number of aromatic nitrogens is 1. The summed E-state index contributed by atoms with van der Waals surface area (Å²) in [6, 6.07) is 15.4. The molecule has 1 aliphatic carbocycles. The zero-order valence-corrected chi connectivity index (χ0v) is 16.5. The molecule has 0 spiro atoms. The summed E-state index contributed by atoms with van der Waals surface area (Å²) in [6.07, 6.45) is 0.107. The molecule has 31 heavy (non-hydrogen) atoms. The largest absolute Gasteiger partial charge is 0.486 e. The van der Waals surface area contributed by atoms with Gasteiger partial charge in [-0.25, -0.2) is 4.98 Å². The van der Waals surface area contributed by atoms with Gasteiger partial charge in [0.05, 0.1) is 34.8 Å². The molecule has 0 N–H and O–H groups in total. The zero-order chi connectivity index (χ0) is 21.5. The van der Waals surface area contributed by atoms with Crippen LogP contribution in [0.2, 0.25) is 0 Å². The molecular weight excluding hydrogens is 396 g/mol. The molecule has 1 saturated carbocycles. The minimum absolute atomic E-state index is 0.125. The normalized spacial score (nSPS) is 18.6. The summed E-state index contributed by atoms with van der Waals surface area (Å²) in [5, 5.41) is 1.01. The van der Waals surface area contributed by atoms with Gasteiger partial charge in [0.15, 0.2) is 5.78 Å². The lowest BCUT2D eigenvalue weighted by Gasteiger charge is -2.27. The van der Waals surface area contributed by atoms with Crippen molar-refractivity contribution in [3.63, 3.8) is 0 Å². The van der Waals surface area contributed by atoms with Gasteiger partial charge in [-0.05, 0) is 30.7 Å². The molecule has 0 bridgehead atoms. The number of amides is 2. The summed E-state index contributed by atoms with van der Waals surface area (Å²) < 4.78 is 5.88. The van der Waals surface area contributed by atoms with Crippen molar-refractivity contribution in [2.75, 3.05) is 0 Å². The molecule has 0 radical (unpaired) electrons. The summed E-state index contributed by atoms with van der Waals surface area (Å²) >= 11 is 0. The van der Waals surface area contributed by atoms with E-state index < -0.39 is 23.6 Å². The van der Waals surface area contributed by atoms with Crippen LogP contribution in [0.15, 0.2) is 54.6 Å². The zero-order valence-electron chi connectivity index (χ0n) is 16.5. The Hall–Kier alpha value is -3.87. The summed E-state index contributed by atoms with van der Waals surface area (Å²) in [5.74, 6) is -1.37. The molecule has 1 atom stereocenters. The smallest absolute Gasteiger partial charge is 0.266 e. The number of hydrogen-bond acceptors (Lipinski definition) is 6. The number of carbonyl (C=O) groups excluding carboxylic acids is 4. The first-order chi connectivity index (χ1) is 15.0. The van der Waals surface area contributed by atoms with Crippen LogP contribution in [0.5, 0.6) is 5.75 Å². The average Bonchev–Trinajstić information content (AvgIpc) is 3.03. The summed E-state index contributed by atoms with van der Waals surface area (Å²) in [4.78, 5) is 55.4. The molecule has 7 nitrogen and oxygen atoms in total. The number of rotatable bonds is 4. The highest BCUT2D eigenvalue weighted by atomic mass is 16.5. The van der Waals surface area contributed by atoms with E-state index in [2.05, 4.69) is 4.98 Å². The molecule has 7 heteroatoms. The number of Topliss-reactive ketones (excluding diaryl/α,β-unsaturated/α-hetero) is 2. The van der Waals surface area contributed by atoms with E-state index in [-0.39, 0.29) is 48.5 Å². The molecule has 2 aromatic carbocycles. The maximum absolute atomic E-state index is 13.1. The van der Waals surface area contributed by atoms with Gasteiger partial charge in [0, 0.05) is 11.8 Å². The monoisotopic (exact) mass is 414 g/mol. The SMILES string of the molecule is O=C1CCC(N2C(=O)c3cccc(OCc4ccc5ccccc5n4)c3C2=O)C(=O)C1. The topological polar surface area (TPSA) is 93.6 Å². The van der Waals surface area contributed by atoms with E-state index in [1.165, 1.54) is 0 Å². The van der Waals surface area contributed by atoms with Gasteiger partial charge in [0.25, 0.3) is 11.8 Å². The van der Waals surface area contributed by atoms with Crippen molar-refractivity contribution in [1.82, 2.24) is 9.88 Å². The molecule has 3 aromatic rings. The van der Waals surface area contributed by atoms with Crippen LogP contribution in [0.1, 0.15) is 45.7 Å². The lowest BCUT2D eigenvalue weighted by molar-refractivity contribution is -0.132. The van der Waals surface area contributed by atoms with Gasteiger partial charge in [-0.2, -0.15) is 0 Å². The quantitative estimate of drug-likeness (QED) is 0.481. The van der Waals surface area contributed by atoms with Gasteiger partial charge in [-0.15, -0.1) is 0 Å². The lowest BCUT2D eigenvalue weighted by Crippen LogP contribution is -2.47. The number of para-hydroxylation sites is 1. The first kappa shape index (κ1) is 19.1. The molecule has 2 heterocycles. The summed E-state index contributed by atoms with van der Waals surface area (Å²) in [5.41, 5.74) is 1.88. The van der Waals surface area contributed by atoms with Gasteiger partial charge >= 0.3 is 0 Å². The minimum Gasteiger partial charge on any atom is -0.486 e. The van der Waals surface area contributed by atoms with E-state index in [9.17, 15) is 19.2 Å². The second-order valence-corrected chi connectivity index (χ2v) is 7.68. The number of ketones is 2. The number of imide groups is 1. The van der Waals surface area contributed by atoms with Gasteiger partial charge in [-0.1, -0.05) is 30.3 Å². The third-order valence-electron chi connectivity index (χ3n) is 5.69. The number of nitrogens with zero attached hydrogens (tertiary/aromatic N) is 2. The molecule has 1 aliphatic heterocycles. The number of pyridine rings is 1. The van der Waals surface area contributed by atoms with E-state index in [1.54, 1.807) is 18.2 Å². The number of fused-ring (bicyclic) bond motifs is 2. The second-order valence-electron chi connectivity index (χ2n) is 7.68. The summed E-state index contributed by atoms with van der Waals surface area (Å²) in [6.45, 7) is 0.125. The van der Waals surface area contributed by atoms with Crippen molar-refractivity contribution in [3.8, 4) is 5.75 Å². The van der Waals surface area contributed by atoms with Crippen LogP contribution in [0.25, 0.3) is 10.9 Å². The molecule has 5 rings (SSSR count). The predicted octanol–water partition coefficient (Wildman–Crippen LogP) is 3.10. The van der Waals surface area contributed by atoms with Gasteiger partial charge in [-0.3, -0.25) is 24.1 Å². The van der Waals surface area contributed by atoms with Crippen LogP contribution in [0.4, 0.5) is 0 Å². The van der Waals surface area contributed by atoms with Gasteiger partial charge < -0.3 is 4.74 Å². The molecule has 154 valence electrons. The van der Waals surface area contributed by atoms with Crippen LogP contribution in [0, 0.1) is 0 Å². The van der Waals surface area contributed by atoms with Crippen LogP contribution in [-0.2, 0) is 16.2 Å². The molecular formula is C24H18N2O5. The maximum Gasteiger partial charge on any atom is 0.266 e. The van der Waals surface area contributed by atoms with E-state index in [4.69, 9.17) is 4.74 Å². The lowest BCUT2D eigenvalue weighted by atomic mass is 9.92. The van der Waals surface area contributed by atoms with E-state index in [1.807, 2.05) is 36.4 Å². The van der Waals surface area contributed by atoms with Crippen molar-refractivity contribution in [1.29, 1.82) is 0 Å². The van der Waals surface area contributed by atoms with Crippen LogP contribution in [0.3, 0.4) is 0 Å². The van der Waals surface area contributed by atoms with Crippen molar-refractivity contribution in [3.05, 3.63) is 71.4 Å². The van der Waals surface area contributed by atoms with E-state index in [0.29, 0.717) is 5.69 Å². The molecule has 0 saturated heterocycles. The first-order valence-corrected chi connectivity index (χ1v) is 10.1. The Morgan fingerprint density at radius 1 is 0.935 bits per heavy atom. The Morgan fingerprint density at radius 3 is 2.61 bits per heavy atom. The van der Waals surface area contributed by atoms with Gasteiger partial charge in [0.1, 0.15) is 18.1 Å². The predicted molar refractivity (Wildman–Crippen MR) is 111 cm³/mol. The number of ether oxygens (including phenoxy) is 1. The maximum atomic E-state index is 13.1. The Labute approximate surface area is 177 Å². The van der Waals surface area contributed by atoms with Crippen LogP contribution >= 0.6 is 0 Å². The third kappa shape index (κ3) is 3.28. The Balaban J connectivity index is 1.41. The first-order valence-electron chi connectivity index (χ1n) is 10.1. The van der Waals surface area contributed by atoms with Crippen molar-refractivity contribution in [2.45, 2.75) is 31.9 Å². The highest BCUT2D eigenvalue weighted by Crippen LogP contribution is 2.34. The standard InChI is InChI=1S/C24H18N2O5/c27-16-10-11-19(20(28)12-16)26-23(29)17-5-3-7-21(22(17)24(26)30)31-13-15-9-8-14-4-1-2-6-18(14)25-15/h1-9,19H,10-13H2. The Kier molecular flexibility index (Phi) is 4.58. The molecule has 2 aliphatic rings. The fourth-order valence-corrected chi connectivity index (χ4v) is 4.15. The Morgan fingerprint density at radius 2 is 1.77 bits per heavy atom. The fourth-order valence-electron chi connectivity index (χ4n) is 4.15. The number of hydrogen-bond donors (Lipinski definition) is 0. The molecule has 1 fully saturated rings. The summed E-state index contributed by atoms with van der Waals surface area (Å²) in [7, 11) is 0. The molecule has 2 amide bonds. The van der Waals surface area contributed by atoms with E-state index in [0.717, 1.165) is 15.8 Å². The van der Waals surface area contributed by atoms with Gasteiger partial charge in [0.2, 0.25) is 0 Å². The third-order valence-corrected chi connectivity index (χ3v) is 5.69. The van der Waals surface area contributed by atoms with Crippen LogP contribution in [-0.4, -0.2) is 39.3 Å². The molecule has 1 unspecified atom stereocenters. The highest BCUT2D eigenvalue weighted by molar-refractivity contribution is 6.24. The number of benzene rings is 2. The average molecular weight is 414 g/mol. The Bertz CT molecular complexity index is 1270. The van der Waals surface area contributed by atoms with Crippen molar-refractivity contribution in [2.24, 2.45) is 0 Å². The molecule has 1 aromatic heterocycles. The number of carbonyl (C=O) groups is 4. The van der Waals surface area contributed by atoms with E-state index >= 15 is 0 Å². The fraction of sp³-hybridized carbons (Fsp3) is 0.208. The highest BCUT2D eigenvalue weighted by Gasteiger charge is 2.45. The second kappa shape index (κ2) is 7.43. The van der Waals surface area contributed by atoms with Crippen molar-refractivity contribution >= 4 is 34.3 Å². The van der Waals surface area contributed by atoms with Crippen molar-refractivity contribution < 1.29 is 23.9 Å². The van der Waals surface area contributed by atoms with Crippen LogP contribution < -0.4 is 4.74 Å². The minimum atomic E-state index is -0.903.